The van der Waals surface area contributed by atoms with Crippen LogP contribution in [0.25, 0.3) is 5.69 Å². The van der Waals surface area contributed by atoms with E-state index in [-0.39, 0.29) is 12.0 Å². The third-order valence-corrected chi connectivity index (χ3v) is 3.13. The standard InChI is InChI=1S/C14H11F2N3O2/c1-7-10(5-13(20)21)8(2)19(18-7)14-11(15)3-9(6-17)4-12(14)16/h3-4H,5H2,1-2H3,(H,20,21). The normalized spacial score (nSPS) is 10.4. The first-order chi connectivity index (χ1) is 9.85. The molecule has 0 unspecified atom stereocenters. The second-order valence-corrected chi connectivity index (χ2v) is 4.53. The Morgan fingerprint density at radius 1 is 1.38 bits per heavy atom. The minimum absolute atomic E-state index is 0.138. The quantitative estimate of drug-likeness (QED) is 0.940. The lowest BCUT2D eigenvalue weighted by atomic mass is 10.1. The first-order valence-electron chi connectivity index (χ1n) is 6.01. The van der Waals surface area contributed by atoms with Gasteiger partial charge in [0.15, 0.2) is 11.6 Å². The zero-order valence-electron chi connectivity index (χ0n) is 11.3. The largest absolute Gasteiger partial charge is 0.481 e. The Bertz CT molecular complexity index is 752. The summed E-state index contributed by atoms with van der Waals surface area (Å²) >= 11 is 0. The fourth-order valence-electron chi connectivity index (χ4n) is 2.13. The van der Waals surface area contributed by atoms with Crippen LogP contribution >= 0.6 is 0 Å². The molecule has 0 atom stereocenters. The van der Waals surface area contributed by atoms with Crippen LogP contribution in [0, 0.1) is 36.8 Å². The number of aryl methyl sites for hydroxylation is 1. The average Bonchev–Trinajstić information content (AvgIpc) is 2.65. The Kier molecular flexibility index (Phi) is 3.72. The number of aromatic nitrogens is 2. The molecule has 0 spiro atoms. The van der Waals surface area contributed by atoms with Gasteiger partial charge in [-0.3, -0.25) is 4.79 Å². The van der Waals surface area contributed by atoms with Crippen molar-refractivity contribution in [3.63, 3.8) is 0 Å². The summed E-state index contributed by atoms with van der Waals surface area (Å²) in [4.78, 5) is 10.8. The van der Waals surface area contributed by atoms with Crippen LogP contribution in [-0.2, 0) is 11.2 Å². The van der Waals surface area contributed by atoms with E-state index in [9.17, 15) is 13.6 Å². The highest BCUT2D eigenvalue weighted by Crippen LogP contribution is 2.24. The van der Waals surface area contributed by atoms with Gasteiger partial charge in [0.2, 0.25) is 0 Å². The van der Waals surface area contributed by atoms with E-state index in [0.29, 0.717) is 17.0 Å². The van der Waals surface area contributed by atoms with Crippen molar-refractivity contribution < 1.29 is 18.7 Å². The number of nitriles is 1. The fraction of sp³-hybridized carbons (Fsp3) is 0.214. The van der Waals surface area contributed by atoms with Gasteiger partial charge in [-0.1, -0.05) is 0 Å². The third kappa shape index (κ3) is 2.60. The summed E-state index contributed by atoms with van der Waals surface area (Å²) < 4.78 is 29.0. The molecular formula is C14H11F2N3O2. The van der Waals surface area contributed by atoms with Crippen LogP contribution in [0.4, 0.5) is 8.78 Å². The maximum absolute atomic E-state index is 14.0. The van der Waals surface area contributed by atoms with Crippen molar-refractivity contribution in [3.8, 4) is 11.8 Å². The Balaban J connectivity index is 2.64. The molecule has 0 aliphatic carbocycles. The van der Waals surface area contributed by atoms with Gasteiger partial charge < -0.3 is 5.11 Å². The molecule has 21 heavy (non-hydrogen) atoms. The van der Waals surface area contributed by atoms with Crippen molar-refractivity contribution in [1.82, 2.24) is 9.78 Å². The van der Waals surface area contributed by atoms with E-state index in [1.54, 1.807) is 13.0 Å². The number of nitrogens with zero attached hydrogens (tertiary/aromatic N) is 3. The maximum Gasteiger partial charge on any atom is 0.307 e. The van der Waals surface area contributed by atoms with Crippen molar-refractivity contribution in [3.05, 3.63) is 46.3 Å². The van der Waals surface area contributed by atoms with Crippen molar-refractivity contribution in [1.29, 1.82) is 5.26 Å². The van der Waals surface area contributed by atoms with E-state index in [0.717, 1.165) is 16.8 Å². The van der Waals surface area contributed by atoms with E-state index in [1.807, 2.05) is 0 Å². The predicted molar refractivity (Wildman–Crippen MR) is 69.0 cm³/mol. The summed E-state index contributed by atoms with van der Waals surface area (Å²) in [6.45, 7) is 3.11. The summed E-state index contributed by atoms with van der Waals surface area (Å²) in [5, 5.41) is 21.5. The van der Waals surface area contributed by atoms with Gasteiger partial charge in [0.05, 0.1) is 23.7 Å². The molecule has 0 aliphatic heterocycles. The van der Waals surface area contributed by atoms with Crippen LogP contribution in [0.5, 0.6) is 0 Å². The number of halogens is 2. The summed E-state index contributed by atoms with van der Waals surface area (Å²) in [5.41, 5.74) is 0.577. The summed E-state index contributed by atoms with van der Waals surface area (Å²) in [6, 6.07) is 3.47. The number of benzene rings is 1. The van der Waals surface area contributed by atoms with Crippen LogP contribution in [0.3, 0.4) is 0 Å². The van der Waals surface area contributed by atoms with E-state index >= 15 is 0 Å². The number of rotatable bonds is 3. The fourth-order valence-corrected chi connectivity index (χ4v) is 2.13. The van der Waals surface area contributed by atoms with Gasteiger partial charge in [0.25, 0.3) is 0 Å². The van der Waals surface area contributed by atoms with E-state index < -0.39 is 23.3 Å². The SMILES string of the molecule is Cc1nn(-c2c(F)cc(C#N)cc2F)c(C)c1CC(=O)O. The first-order valence-corrected chi connectivity index (χ1v) is 6.01. The minimum atomic E-state index is -1.05. The highest BCUT2D eigenvalue weighted by atomic mass is 19.1. The van der Waals surface area contributed by atoms with Crippen molar-refractivity contribution in [2.45, 2.75) is 20.3 Å². The third-order valence-electron chi connectivity index (χ3n) is 3.13. The van der Waals surface area contributed by atoms with Gasteiger partial charge in [-0.2, -0.15) is 10.4 Å². The van der Waals surface area contributed by atoms with Crippen LogP contribution in [0.1, 0.15) is 22.5 Å². The lowest BCUT2D eigenvalue weighted by Gasteiger charge is -2.08. The Morgan fingerprint density at radius 3 is 2.43 bits per heavy atom. The smallest absolute Gasteiger partial charge is 0.307 e. The topological polar surface area (TPSA) is 78.9 Å². The van der Waals surface area contributed by atoms with Gasteiger partial charge in [0.1, 0.15) is 5.69 Å². The summed E-state index contributed by atoms with van der Waals surface area (Å²) in [5.74, 6) is -2.92. The van der Waals surface area contributed by atoms with Gasteiger partial charge in [0, 0.05) is 11.3 Å². The average molecular weight is 291 g/mol. The second-order valence-electron chi connectivity index (χ2n) is 4.53. The molecule has 1 heterocycles. The van der Waals surface area contributed by atoms with Gasteiger partial charge in [-0.25, -0.2) is 13.5 Å². The molecule has 0 saturated carbocycles. The molecule has 7 heteroatoms. The van der Waals surface area contributed by atoms with Crippen molar-refractivity contribution in [2.75, 3.05) is 0 Å². The molecular weight excluding hydrogens is 280 g/mol. The van der Waals surface area contributed by atoms with E-state index in [2.05, 4.69) is 5.10 Å². The molecule has 0 saturated heterocycles. The van der Waals surface area contributed by atoms with Crippen LogP contribution < -0.4 is 0 Å². The molecule has 2 aromatic rings. The zero-order valence-corrected chi connectivity index (χ0v) is 11.3. The molecule has 0 fully saturated rings. The Morgan fingerprint density at radius 2 is 1.95 bits per heavy atom. The predicted octanol–water partition coefficient (Wildman–Crippen LogP) is 2.27. The summed E-state index contributed by atoms with van der Waals surface area (Å²) in [7, 11) is 0. The van der Waals surface area contributed by atoms with Gasteiger partial charge >= 0.3 is 5.97 Å². The molecule has 1 N–H and O–H groups in total. The number of hydrogen-bond acceptors (Lipinski definition) is 3. The monoisotopic (exact) mass is 291 g/mol. The molecule has 0 aliphatic rings. The Labute approximate surface area is 119 Å². The molecule has 2 rings (SSSR count). The highest BCUT2D eigenvalue weighted by Gasteiger charge is 2.20. The lowest BCUT2D eigenvalue weighted by Crippen LogP contribution is -2.07. The number of carbonyl (C=O) groups is 1. The lowest BCUT2D eigenvalue weighted by molar-refractivity contribution is -0.136. The summed E-state index contributed by atoms with van der Waals surface area (Å²) in [6.07, 6.45) is -0.281. The minimum Gasteiger partial charge on any atom is -0.481 e. The molecule has 108 valence electrons. The maximum atomic E-state index is 14.0. The van der Waals surface area contributed by atoms with E-state index in [4.69, 9.17) is 10.4 Å². The molecule has 0 radical (unpaired) electrons. The van der Waals surface area contributed by atoms with Crippen LogP contribution in [-0.4, -0.2) is 20.9 Å². The molecule has 0 bridgehead atoms. The van der Waals surface area contributed by atoms with Crippen molar-refractivity contribution in [2.24, 2.45) is 0 Å². The number of carboxylic acids is 1. The van der Waals surface area contributed by atoms with Crippen LogP contribution in [0.15, 0.2) is 12.1 Å². The molecule has 1 aromatic carbocycles. The number of aliphatic carboxylic acids is 1. The molecule has 1 aromatic heterocycles. The zero-order chi connectivity index (χ0) is 15.7. The number of carboxylic acid groups (broad SMARTS) is 1. The van der Waals surface area contributed by atoms with Gasteiger partial charge in [-0.15, -0.1) is 0 Å². The number of hydrogen-bond donors (Lipinski definition) is 1. The van der Waals surface area contributed by atoms with Crippen LogP contribution in [0.2, 0.25) is 0 Å². The first kappa shape index (κ1) is 14.7. The molecule has 5 nitrogen and oxygen atoms in total. The van der Waals surface area contributed by atoms with E-state index in [1.165, 1.54) is 6.92 Å². The van der Waals surface area contributed by atoms with Crippen molar-refractivity contribution >= 4 is 5.97 Å². The highest BCUT2D eigenvalue weighted by molar-refractivity contribution is 5.71. The van der Waals surface area contributed by atoms with Gasteiger partial charge in [-0.05, 0) is 26.0 Å². The molecule has 0 amide bonds. The second kappa shape index (κ2) is 5.32. The Hall–Kier alpha value is -2.75.